The maximum absolute atomic E-state index is 9.52. The monoisotopic (exact) mass is 229 g/mol. The van der Waals surface area contributed by atoms with Crippen LogP contribution in [-0.4, -0.2) is 49.0 Å². The molecule has 0 heterocycles. The van der Waals surface area contributed by atoms with Crippen molar-refractivity contribution in [3.8, 4) is 0 Å². The number of methoxy groups -OCH3 is 1. The summed E-state index contributed by atoms with van der Waals surface area (Å²) in [5.41, 5.74) is 0. The molecule has 0 aromatic carbocycles. The van der Waals surface area contributed by atoms with Gasteiger partial charge in [-0.05, 0) is 31.6 Å². The van der Waals surface area contributed by atoms with Gasteiger partial charge in [0.15, 0.2) is 0 Å². The molecule has 0 unspecified atom stereocenters. The number of rotatable bonds is 6. The van der Waals surface area contributed by atoms with E-state index in [0.717, 1.165) is 45.4 Å². The van der Waals surface area contributed by atoms with Crippen LogP contribution in [0.25, 0.3) is 0 Å². The summed E-state index contributed by atoms with van der Waals surface area (Å²) in [5, 5.41) is 9.52. The smallest absolute Gasteiger partial charge is 0.0589 e. The van der Waals surface area contributed by atoms with Crippen LogP contribution in [0.3, 0.4) is 0 Å². The van der Waals surface area contributed by atoms with Gasteiger partial charge in [-0.3, -0.25) is 4.90 Å². The van der Waals surface area contributed by atoms with Crippen LogP contribution < -0.4 is 0 Å². The molecule has 16 heavy (non-hydrogen) atoms. The molecular weight excluding hydrogens is 202 g/mol. The molecular formula is C13H27NO2. The number of ether oxygens (including phenoxy) is 1. The summed E-state index contributed by atoms with van der Waals surface area (Å²) in [6, 6.07) is 0.654. The second-order valence-electron chi connectivity index (χ2n) is 5.34. The topological polar surface area (TPSA) is 32.7 Å². The molecule has 1 rings (SSSR count). The first-order valence-corrected chi connectivity index (χ1v) is 6.54. The minimum absolute atomic E-state index is 0.0559. The summed E-state index contributed by atoms with van der Waals surface area (Å²) in [7, 11) is 1.76. The minimum atomic E-state index is -0.0559. The summed E-state index contributed by atoms with van der Waals surface area (Å²) in [4.78, 5) is 2.54. The molecule has 1 N–H and O–H groups in total. The fourth-order valence-corrected chi connectivity index (χ4v) is 2.52. The molecule has 0 bridgehead atoms. The largest absolute Gasteiger partial charge is 0.393 e. The van der Waals surface area contributed by atoms with E-state index >= 15 is 0 Å². The molecule has 1 fully saturated rings. The third kappa shape index (κ3) is 4.81. The van der Waals surface area contributed by atoms with Crippen LogP contribution in [0.2, 0.25) is 0 Å². The van der Waals surface area contributed by atoms with E-state index in [2.05, 4.69) is 18.7 Å². The first-order valence-electron chi connectivity index (χ1n) is 6.54. The highest BCUT2D eigenvalue weighted by molar-refractivity contribution is 4.79. The van der Waals surface area contributed by atoms with Gasteiger partial charge in [-0.15, -0.1) is 0 Å². The van der Waals surface area contributed by atoms with E-state index in [1.54, 1.807) is 7.11 Å². The summed E-state index contributed by atoms with van der Waals surface area (Å²) in [6.07, 6.45) is 4.15. The molecule has 0 spiro atoms. The lowest BCUT2D eigenvalue weighted by Crippen LogP contribution is -2.42. The van der Waals surface area contributed by atoms with Crippen molar-refractivity contribution in [1.29, 1.82) is 0 Å². The molecule has 1 aliphatic rings. The molecule has 0 radical (unpaired) electrons. The third-order valence-corrected chi connectivity index (χ3v) is 3.36. The first kappa shape index (κ1) is 13.9. The molecule has 3 heteroatoms. The van der Waals surface area contributed by atoms with E-state index in [9.17, 15) is 5.11 Å². The number of nitrogens with zero attached hydrogens (tertiary/aromatic N) is 1. The summed E-state index contributed by atoms with van der Waals surface area (Å²) in [6.45, 7) is 7.50. The molecule has 0 atom stereocenters. The van der Waals surface area contributed by atoms with Crippen molar-refractivity contribution in [3.05, 3.63) is 0 Å². The zero-order valence-electron chi connectivity index (χ0n) is 11.0. The van der Waals surface area contributed by atoms with Crippen LogP contribution in [0, 0.1) is 5.92 Å². The molecule has 0 aliphatic heterocycles. The standard InChI is InChI=1S/C13H27NO2/c1-11(2)10-14(8-9-16-3)12-4-6-13(15)7-5-12/h11-13,15H,4-10H2,1-3H3. The Labute approximate surface area is 99.8 Å². The lowest BCUT2D eigenvalue weighted by Gasteiger charge is -2.36. The Morgan fingerprint density at radius 2 is 1.88 bits per heavy atom. The second-order valence-corrected chi connectivity index (χ2v) is 5.34. The fraction of sp³-hybridized carbons (Fsp3) is 1.00. The van der Waals surface area contributed by atoms with Gasteiger partial charge in [-0.25, -0.2) is 0 Å². The molecule has 0 aromatic rings. The van der Waals surface area contributed by atoms with Gasteiger partial charge in [0.1, 0.15) is 0 Å². The second kappa shape index (κ2) is 7.25. The minimum Gasteiger partial charge on any atom is -0.393 e. The highest BCUT2D eigenvalue weighted by Gasteiger charge is 2.24. The average Bonchev–Trinajstić information content (AvgIpc) is 2.25. The maximum Gasteiger partial charge on any atom is 0.0589 e. The van der Waals surface area contributed by atoms with Gasteiger partial charge < -0.3 is 9.84 Å². The summed E-state index contributed by atoms with van der Waals surface area (Å²) >= 11 is 0. The molecule has 0 aromatic heterocycles. The highest BCUT2D eigenvalue weighted by Crippen LogP contribution is 2.23. The zero-order valence-corrected chi connectivity index (χ0v) is 11.0. The van der Waals surface area contributed by atoms with E-state index in [4.69, 9.17) is 4.74 Å². The molecule has 96 valence electrons. The first-order chi connectivity index (χ1) is 7.63. The Morgan fingerprint density at radius 3 is 2.38 bits per heavy atom. The van der Waals surface area contributed by atoms with Crippen LogP contribution in [0.1, 0.15) is 39.5 Å². The van der Waals surface area contributed by atoms with Crippen molar-refractivity contribution in [3.63, 3.8) is 0 Å². The van der Waals surface area contributed by atoms with E-state index in [1.165, 1.54) is 0 Å². The summed E-state index contributed by atoms with van der Waals surface area (Å²) in [5.74, 6) is 0.698. The van der Waals surface area contributed by atoms with Crippen molar-refractivity contribution in [2.24, 2.45) is 5.92 Å². The molecule has 0 amide bonds. The van der Waals surface area contributed by atoms with Crippen molar-refractivity contribution in [1.82, 2.24) is 4.90 Å². The average molecular weight is 229 g/mol. The van der Waals surface area contributed by atoms with Gasteiger partial charge in [-0.2, -0.15) is 0 Å². The van der Waals surface area contributed by atoms with Crippen LogP contribution in [-0.2, 0) is 4.74 Å². The van der Waals surface area contributed by atoms with E-state index < -0.39 is 0 Å². The van der Waals surface area contributed by atoms with E-state index in [-0.39, 0.29) is 6.10 Å². The van der Waals surface area contributed by atoms with Gasteiger partial charge in [0.25, 0.3) is 0 Å². The van der Waals surface area contributed by atoms with Crippen molar-refractivity contribution in [2.75, 3.05) is 26.8 Å². The van der Waals surface area contributed by atoms with Crippen molar-refractivity contribution >= 4 is 0 Å². The van der Waals surface area contributed by atoms with Crippen LogP contribution >= 0.6 is 0 Å². The normalized spacial score (nSPS) is 26.6. The Bertz CT molecular complexity index is 177. The Kier molecular flexibility index (Phi) is 6.32. The highest BCUT2D eigenvalue weighted by atomic mass is 16.5. The molecule has 1 saturated carbocycles. The Balaban J connectivity index is 2.40. The van der Waals surface area contributed by atoms with E-state index in [1.807, 2.05) is 0 Å². The lowest BCUT2D eigenvalue weighted by atomic mass is 9.91. The van der Waals surface area contributed by atoms with Crippen LogP contribution in [0.15, 0.2) is 0 Å². The van der Waals surface area contributed by atoms with Gasteiger partial charge in [0.2, 0.25) is 0 Å². The maximum atomic E-state index is 9.52. The van der Waals surface area contributed by atoms with Gasteiger partial charge in [0, 0.05) is 26.2 Å². The van der Waals surface area contributed by atoms with Gasteiger partial charge in [-0.1, -0.05) is 13.8 Å². The van der Waals surface area contributed by atoms with Crippen LogP contribution in [0.4, 0.5) is 0 Å². The fourth-order valence-electron chi connectivity index (χ4n) is 2.52. The molecule has 0 saturated heterocycles. The quantitative estimate of drug-likeness (QED) is 0.755. The van der Waals surface area contributed by atoms with Crippen molar-refractivity contribution < 1.29 is 9.84 Å². The lowest BCUT2D eigenvalue weighted by molar-refractivity contribution is 0.0530. The Morgan fingerprint density at radius 1 is 1.25 bits per heavy atom. The third-order valence-electron chi connectivity index (χ3n) is 3.36. The van der Waals surface area contributed by atoms with Gasteiger partial charge >= 0.3 is 0 Å². The SMILES string of the molecule is COCCN(CC(C)C)C1CCC(O)CC1. The number of hydrogen-bond acceptors (Lipinski definition) is 3. The molecule has 3 nitrogen and oxygen atoms in total. The number of aliphatic hydroxyl groups is 1. The Hall–Kier alpha value is -0.120. The van der Waals surface area contributed by atoms with Gasteiger partial charge in [0.05, 0.1) is 12.7 Å². The predicted molar refractivity (Wildman–Crippen MR) is 66.5 cm³/mol. The molecule has 1 aliphatic carbocycles. The predicted octanol–water partition coefficient (Wildman–Crippen LogP) is 1.89. The van der Waals surface area contributed by atoms with Crippen LogP contribution in [0.5, 0.6) is 0 Å². The zero-order chi connectivity index (χ0) is 12.0. The van der Waals surface area contributed by atoms with Crippen molar-refractivity contribution in [2.45, 2.75) is 51.7 Å². The summed E-state index contributed by atoms with van der Waals surface area (Å²) < 4.78 is 5.17. The number of hydrogen-bond donors (Lipinski definition) is 1. The van der Waals surface area contributed by atoms with E-state index in [0.29, 0.717) is 12.0 Å². The number of aliphatic hydroxyl groups excluding tert-OH is 1.